The first kappa shape index (κ1) is 20.1. The number of aromatic hydroxyl groups is 2. The van der Waals surface area contributed by atoms with Gasteiger partial charge in [-0.05, 0) is 23.3 Å². The molecule has 0 saturated carbocycles. The number of nitrogens with zero attached hydrogens (tertiary/aromatic N) is 2. The Morgan fingerprint density at radius 1 is 0.739 bits per heavy atom. The summed E-state index contributed by atoms with van der Waals surface area (Å²) in [5.74, 6) is -1.76. The van der Waals surface area contributed by atoms with Crippen molar-refractivity contribution in [2.45, 2.75) is 0 Å². The third kappa shape index (κ3) is 5.77. The molecule has 2 aromatic carbocycles. The van der Waals surface area contributed by atoms with Crippen molar-refractivity contribution in [2.75, 3.05) is 0 Å². The summed E-state index contributed by atoms with van der Waals surface area (Å²) >= 11 is 0. The van der Waals surface area contributed by atoms with Crippen molar-refractivity contribution in [1.82, 2.24) is 0 Å². The first-order chi connectivity index (χ1) is 10.5. The Labute approximate surface area is 141 Å². The summed E-state index contributed by atoms with van der Waals surface area (Å²) in [7, 11) is 0. The molecule has 0 spiro atoms. The molecule has 0 amide bonds. The summed E-state index contributed by atoms with van der Waals surface area (Å²) < 4.78 is 0. The van der Waals surface area contributed by atoms with Gasteiger partial charge in [0, 0.05) is 0 Å². The standard InChI is InChI=1S/2C7H7NO3.Cu/c2*9-6-3-1-2-5(4-8-11)7(6)10;/h2*1-4,9-11H;/q;;+2/p-2/b2*8-4+;. The average molecular weight is 368 g/mol. The van der Waals surface area contributed by atoms with E-state index in [4.69, 9.17) is 20.6 Å². The SMILES string of the molecule is [Cu+2].[O-]c1c(O)cccc1/C=N/O.[O-]c1c(O)cccc1/C=N/O. The van der Waals surface area contributed by atoms with E-state index in [0.717, 1.165) is 12.4 Å². The number of benzene rings is 2. The molecular formula is C14H12CuN2O6. The second-order valence-corrected chi connectivity index (χ2v) is 3.88. The van der Waals surface area contributed by atoms with Gasteiger partial charge in [0.2, 0.25) is 0 Å². The Balaban J connectivity index is 0.000000403. The van der Waals surface area contributed by atoms with Gasteiger partial charge in [0.25, 0.3) is 0 Å². The zero-order valence-electron chi connectivity index (χ0n) is 11.4. The molecule has 8 nitrogen and oxygen atoms in total. The van der Waals surface area contributed by atoms with E-state index in [1.54, 1.807) is 0 Å². The van der Waals surface area contributed by atoms with Crippen molar-refractivity contribution in [2.24, 2.45) is 10.3 Å². The van der Waals surface area contributed by atoms with Gasteiger partial charge in [-0.1, -0.05) is 46.1 Å². The summed E-state index contributed by atoms with van der Waals surface area (Å²) in [5.41, 5.74) is 0.319. The number of hydrogen-bond acceptors (Lipinski definition) is 8. The minimum atomic E-state index is -0.537. The summed E-state index contributed by atoms with van der Waals surface area (Å²) in [4.78, 5) is 0. The van der Waals surface area contributed by atoms with Gasteiger partial charge in [0.1, 0.15) is 11.5 Å². The molecule has 1 radical (unpaired) electrons. The monoisotopic (exact) mass is 367 g/mol. The molecule has 0 unspecified atom stereocenters. The van der Waals surface area contributed by atoms with Gasteiger partial charge >= 0.3 is 17.1 Å². The van der Waals surface area contributed by atoms with Crippen LogP contribution in [0.15, 0.2) is 46.7 Å². The van der Waals surface area contributed by atoms with Gasteiger partial charge < -0.3 is 30.8 Å². The molecule has 0 fully saturated rings. The Bertz CT molecular complexity index is 631. The Hall–Kier alpha value is -2.90. The van der Waals surface area contributed by atoms with Crippen LogP contribution in [0.2, 0.25) is 0 Å². The van der Waals surface area contributed by atoms with Gasteiger partial charge in [-0.25, -0.2) is 0 Å². The fraction of sp³-hybridized carbons (Fsp3) is 0. The Morgan fingerprint density at radius 3 is 1.39 bits per heavy atom. The van der Waals surface area contributed by atoms with E-state index in [1.807, 2.05) is 0 Å². The number of para-hydroxylation sites is 2. The molecule has 0 aliphatic rings. The van der Waals surface area contributed by atoms with Gasteiger partial charge in [-0.2, -0.15) is 0 Å². The van der Waals surface area contributed by atoms with E-state index in [0.29, 0.717) is 0 Å². The number of oxime groups is 2. The van der Waals surface area contributed by atoms with Crippen LogP contribution in [0.5, 0.6) is 23.0 Å². The Morgan fingerprint density at radius 2 is 1.09 bits per heavy atom. The minimum Gasteiger partial charge on any atom is -0.870 e. The third-order valence-electron chi connectivity index (χ3n) is 2.44. The van der Waals surface area contributed by atoms with Crippen molar-refractivity contribution in [3.05, 3.63) is 47.5 Å². The molecular weight excluding hydrogens is 356 g/mol. The molecule has 125 valence electrons. The Kier molecular flexibility index (Phi) is 8.68. The number of hydrogen-bond donors (Lipinski definition) is 4. The van der Waals surface area contributed by atoms with E-state index in [1.165, 1.54) is 36.4 Å². The van der Waals surface area contributed by atoms with Crippen LogP contribution in [0.3, 0.4) is 0 Å². The quantitative estimate of drug-likeness (QED) is 0.263. The van der Waals surface area contributed by atoms with Crippen LogP contribution in [-0.2, 0) is 17.1 Å². The second kappa shape index (κ2) is 9.93. The summed E-state index contributed by atoms with van der Waals surface area (Å²) in [6, 6.07) is 8.43. The van der Waals surface area contributed by atoms with Gasteiger partial charge in [0.05, 0.1) is 12.4 Å². The smallest absolute Gasteiger partial charge is 0.870 e. The fourth-order valence-electron chi connectivity index (χ4n) is 1.41. The van der Waals surface area contributed by atoms with Crippen LogP contribution in [0, 0.1) is 0 Å². The molecule has 0 aliphatic heterocycles. The van der Waals surface area contributed by atoms with Crippen molar-refractivity contribution in [1.29, 1.82) is 0 Å². The van der Waals surface area contributed by atoms with Crippen LogP contribution in [0.4, 0.5) is 0 Å². The molecule has 2 aromatic rings. The zero-order chi connectivity index (χ0) is 16.5. The average Bonchev–Trinajstić information content (AvgIpc) is 2.50. The number of rotatable bonds is 2. The summed E-state index contributed by atoms with van der Waals surface area (Å²) in [6.07, 6.45) is 1.95. The first-order valence-electron chi connectivity index (χ1n) is 5.84. The normalized spacial score (nSPS) is 10.1. The molecule has 2 rings (SSSR count). The summed E-state index contributed by atoms with van der Waals surface area (Å²) in [5, 5.41) is 61.1. The molecule has 0 bridgehead atoms. The van der Waals surface area contributed by atoms with Crippen LogP contribution >= 0.6 is 0 Å². The van der Waals surface area contributed by atoms with Gasteiger partial charge in [0.15, 0.2) is 0 Å². The number of phenolic OH excluding ortho intramolecular Hbond substituents is 2. The van der Waals surface area contributed by atoms with Crippen LogP contribution in [0.1, 0.15) is 11.1 Å². The van der Waals surface area contributed by atoms with E-state index in [9.17, 15) is 10.2 Å². The van der Waals surface area contributed by atoms with Gasteiger partial charge in [-0.15, -0.1) is 0 Å². The number of phenols is 2. The summed E-state index contributed by atoms with van der Waals surface area (Å²) in [6.45, 7) is 0. The van der Waals surface area contributed by atoms with Crippen molar-refractivity contribution < 1.29 is 47.9 Å². The molecule has 0 aromatic heterocycles. The van der Waals surface area contributed by atoms with Gasteiger partial charge in [-0.3, -0.25) is 0 Å². The van der Waals surface area contributed by atoms with Crippen molar-refractivity contribution >= 4 is 12.4 Å². The topological polar surface area (TPSA) is 152 Å². The molecule has 23 heavy (non-hydrogen) atoms. The molecule has 0 heterocycles. The predicted molar refractivity (Wildman–Crippen MR) is 73.9 cm³/mol. The van der Waals surface area contributed by atoms with E-state index < -0.39 is 11.5 Å². The van der Waals surface area contributed by atoms with E-state index in [2.05, 4.69) is 10.3 Å². The van der Waals surface area contributed by atoms with Crippen LogP contribution in [0.25, 0.3) is 0 Å². The van der Waals surface area contributed by atoms with Crippen molar-refractivity contribution in [3.63, 3.8) is 0 Å². The van der Waals surface area contributed by atoms with E-state index >= 15 is 0 Å². The van der Waals surface area contributed by atoms with Crippen molar-refractivity contribution in [3.8, 4) is 23.0 Å². The van der Waals surface area contributed by atoms with Crippen LogP contribution < -0.4 is 10.2 Å². The van der Waals surface area contributed by atoms with E-state index in [-0.39, 0.29) is 39.7 Å². The molecule has 9 heteroatoms. The molecule has 0 atom stereocenters. The predicted octanol–water partition coefficient (Wildman–Crippen LogP) is 0.545. The maximum atomic E-state index is 10.9. The molecule has 0 aliphatic carbocycles. The zero-order valence-corrected chi connectivity index (χ0v) is 12.4. The van der Waals surface area contributed by atoms with Crippen LogP contribution in [-0.4, -0.2) is 33.1 Å². The first-order valence-corrected chi connectivity index (χ1v) is 5.84. The fourth-order valence-corrected chi connectivity index (χ4v) is 1.41. The second-order valence-electron chi connectivity index (χ2n) is 3.88. The maximum absolute atomic E-state index is 10.9. The minimum absolute atomic E-state index is 0. The largest absolute Gasteiger partial charge is 2.00 e. The molecule has 4 N–H and O–H groups in total. The third-order valence-corrected chi connectivity index (χ3v) is 2.44. The molecule has 0 saturated heterocycles. The maximum Gasteiger partial charge on any atom is 2.00 e.